The third-order valence-corrected chi connectivity index (χ3v) is 3.33. The van der Waals surface area contributed by atoms with E-state index in [9.17, 15) is 0 Å². The van der Waals surface area contributed by atoms with E-state index in [-0.39, 0.29) is 0 Å². The Kier molecular flexibility index (Phi) is 5.25. The minimum Gasteiger partial charge on any atom is -0.481 e. The van der Waals surface area contributed by atoms with Crippen molar-refractivity contribution >= 4 is 11.5 Å². The van der Waals surface area contributed by atoms with Crippen LogP contribution in [0.2, 0.25) is 0 Å². The molecule has 0 radical (unpaired) electrons. The second-order valence-electron chi connectivity index (χ2n) is 5.32. The first-order valence-corrected chi connectivity index (χ1v) is 6.50. The van der Waals surface area contributed by atoms with Gasteiger partial charge in [-0.25, -0.2) is 0 Å². The summed E-state index contributed by atoms with van der Waals surface area (Å²) in [4.78, 5) is 4.32. The molecule has 0 unspecified atom stereocenters. The number of hydrogen-bond donors (Lipinski definition) is 2. The molecule has 0 aromatic carbocycles. The van der Waals surface area contributed by atoms with Crippen LogP contribution >= 0.6 is 0 Å². The molecule has 1 rings (SSSR count). The Labute approximate surface area is 110 Å². The van der Waals surface area contributed by atoms with Crippen molar-refractivity contribution < 1.29 is 4.74 Å². The maximum atomic E-state index is 5.90. The first-order valence-electron chi connectivity index (χ1n) is 6.50. The van der Waals surface area contributed by atoms with Crippen LogP contribution in [0.4, 0.5) is 11.5 Å². The molecule has 0 amide bonds. The van der Waals surface area contributed by atoms with E-state index in [1.807, 2.05) is 6.07 Å². The lowest BCUT2D eigenvalue weighted by molar-refractivity contribution is 0.304. The fraction of sp³-hybridized carbons (Fsp3) is 0.643. The van der Waals surface area contributed by atoms with Crippen molar-refractivity contribution in [3.05, 3.63) is 12.1 Å². The Bertz CT molecular complexity index is 369. The average molecular weight is 251 g/mol. The summed E-state index contributed by atoms with van der Waals surface area (Å²) in [6.07, 6.45) is 0. The van der Waals surface area contributed by atoms with E-state index < -0.39 is 0 Å². The Morgan fingerprint density at radius 1 is 1.22 bits per heavy atom. The molecule has 0 saturated carbocycles. The molecule has 0 aliphatic rings. The van der Waals surface area contributed by atoms with Gasteiger partial charge >= 0.3 is 0 Å². The van der Waals surface area contributed by atoms with Crippen molar-refractivity contribution in [1.82, 2.24) is 4.98 Å². The van der Waals surface area contributed by atoms with Crippen molar-refractivity contribution in [2.75, 3.05) is 24.7 Å². The van der Waals surface area contributed by atoms with Crippen LogP contribution < -0.4 is 15.8 Å². The second-order valence-corrected chi connectivity index (χ2v) is 5.32. The third-order valence-electron chi connectivity index (χ3n) is 3.33. The van der Waals surface area contributed by atoms with Gasteiger partial charge in [-0.15, -0.1) is 0 Å². The Morgan fingerprint density at radius 3 is 2.33 bits per heavy atom. The maximum Gasteiger partial charge on any atom is 0.215 e. The number of hydrogen-bond acceptors (Lipinski definition) is 4. The molecule has 3 N–H and O–H groups in total. The molecule has 0 aliphatic carbocycles. The number of nitrogens with zero attached hydrogens (tertiary/aromatic N) is 1. The summed E-state index contributed by atoms with van der Waals surface area (Å²) >= 11 is 0. The van der Waals surface area contributed by atoms with Crippen LogP contribution in [0.5, 0.6) is 5.88 Å². The predicted molar refractivity (Wildman–Crippen MR) is 76.9 cm³/mol. The molecule has 1 aromatic rings. The number of rotatable bonds is 6. The zero-order valence-electron chi connectivity index (χ0n) is 12.0. The van der Waals surface area contributed by atoms with Crippen molar-refractivity contribution in [2.45, 2.75) is 27.7 Å². The molecule has 0 fully saturated rings. The number of nitrogens with two attached hydrogens (primary N) is 1. The molecular weight excluding hydrogens is 226 g/mol. The highest BCUT2D eigenvalue weighted by Crippen LogP contribution is 2.24. The topological polar surface area (TPSA) is 60.2 Å². The highest BCUT2D eigenvalue weighted by Gasteiger charge is 2.17. The van der Waals surface area contributed by atoms with Crippen molar-refractivity contribution in [3.8, 4) is 5.88 Å². The van der Waals surface area contributed by atoms with Crippen molar-refractivity contribution in [2.24, 2.45) is 17.8 Å². The molecule has 1 aromatic heterocycles. The number of aromatic nitrogens is 1. The monoisotopic (exact) mass is 251 g/mol. The standard InChI is InChI=1S/C14H25N3O/c1-9(2)11(10(3)4)8-16-14-12(15)6-7-13(17-14)18-5/h6-7,9-11H,8,15H2,1-5H3,(H,16,17). The van der Waals surface area contributed by atoms with Gasteiger partial charge in [-0.1, -0.05) is 27.7 Å². The number of nitrogens with one attached hydrogen (secondary N) is 1. The van der Waals surface area contributed by atoms with Gasteiger partial charge in [-0.05, 0) is 23.8 Å². The minimum absolute atomic E-state index is 0.581. The molecule has 0 atom stereocenters. The highest BCUT2D eigenvalue weighted by atomic mass is 16.5. The summed E-state index contributed by atoms with van der Waals surface area (Å²) < 4.78 is 5.10. The van der Waals surface area contributed by atoms with E-state index in [4.69, 9.17) is 10.5 Å². The van der Waals surface area contributed by atoms with Crippen molar-refractivity contribution in [1.29, 1.82) is 0 Å². The molecule has 0 spiro atoms. The van der Waals surface area contributed by atoms with Gasteiger partial charge in [0.25, 0.3) is 0 Å². The van der Waals surface area contributed by atoms with Crippen LogP contribution in [0.3, 0.4) is 0 Å². The fourth-order valence-corrected chi connectivity index (χ4v) is 2.16. The van der Waals surface area contributed by atoms with Gasteiger partial charge in [0.1, 0.15) is 0 Å². The number of anilines is 2. The van der Waals surface area contributed by atoms with E-state index in [1.54, 1.807) is 13.2 Å². The number of pyridine rings is 1. The second kappa shape index (κ2) is 6.47. The number of ether oxygens (including phenoxy) is 1. The predicted octanol–water partition coefficient (Wildman–Crippen LogP) is 3.01. The number of methoxy groups -OCH3 is 1. The van der Waals surface area contributed by atoms with Gasteiger partial charge in [-0.2, -0.15) is 4.98 Å². The summed E-state index contributed by atoms with van der Waals surface area (Å²) in [7, 11) is 1.60. The molecule has 102 valence electrons. The van der Waals surface area contributed by atoms with Crippen LogP contribution in [0.15, 0.2) is 12.1 Å². The van der Waals surface area contributed by atoms with E-state index in [0.717, 1.165) is 6.54 Å². The minimum atomic E-state index is 0.581. The maximum absolute atomic E-state index is 5.90. The Hall–Kier alpha value is -1.45. The van der Waals surface area contributed by atoms with Gasteiger partial charge < -0.3 is 15.8 Å². The molecule has 0 saturated heterocycles. The average Bonchev–Trinajstić information content (AvgIpc) is 2.30. The van der Waals surface area contributed by atoms with Crippen molar-refractivity contribution in [3.63, 3.8) is 0 Å². The summed E-state index contributed by atoms with van der Waals surface area (Å²) in [6, 6.07) is 3.58. The molecule has 4 nitrogen and oxygen atoms in total. The molecule has 18 heavy (non-hydrogen) atoms. The Morgan fingerprint density at radius 2 is 1.83 bits per heavy atom. The third kappa shape index (κ3) is 3.79. The van der Waals surface area contributed by atoms with Crippen LogP contribution in [0, 0.1) is 17.8 Å². The van der Waals surface area contributed by atoms with Gasteiger partial charge in [0.15, 0.2) is 5.82 Å². The zero-order chi connectivity index (χ0) is 13.7. The normalized spacial score (nSPS) is 11.3. The molecule has 4 heteroatoms. The smallest absolute Gasteiger partial charge is 0.215 e. The first-order chi connectivity index (χ1) is 8.45. The van der Waals surface area contributed by atoms with E-state index >= 15 is 0 Å². The summed E-state index contributed by atoms with van der Waals surface area (Å²) in [5, 5.41) is 3.33. The number of nitrogen functional groups attached to an aromatic ring is 1. The summed E-state index contributed by atoms with van der Waals surface area (Å²) in [6.45, 7) is 9.85. The summed E-state index contributed by atoms with van der Waals surface area (Å²) in [5.74, 6) is 3.14. The molecular formula is C14H25N3O. The van der Waals surface area contributed by atoms with Gasteiger partial charge in [0.2, 0.25) is 5.88 Å². The fourth-order valence-electron chi connectivity index (χ4n) is 2.16. The SMILES string of the molecule is COc1ccc(N)c(NCC(C(C)C)C(C)C)n1. The molecule has 0 aliphatic heterocycles. The molecule has 1 heterocycles. The van der Waals surface area contributed by atoms with Crippen LogP contribution in [-0.2, 0) is 0 Å². The van der Waals surface area contributed by atoms with E-state index in [1.165, 1.54) is 0 Å². The van der Waals surface area contributed by atoms with Crippen LogP contribution in [-0.4, -0.2) is 18.6 Å². The lowest BCUT2D eigenvalue weighted by atomic mass is 9.85. The van der Waals surface area contributed by atoms with Crippen LogP contribution in [0.1, 0.15) is 27.7 Å². The summed E-state index contributed by atoms with van der Waals surface area (Å²) in [5.41, 5.74) is 6.56. The quantitative estimate of drug-likeness (QED) is 0.816. The largest absolute Gasteiger partial charge is 0.481 e. The van der Waals surface area contributed by atoms with Gasteiger partial charge in [0, 0.05) is 12.6 Å². The van der Waals surface area contributed by atoms with Gasteiger partial charge in [0.05, 0.1) is 12.8 Å². The first kappa shape index (κ1) is 14.6. The molecule has 0 bridgehead atoms. The Balaban J connectivity index is 2.72. The van der Waals surface area contributed by atoms with E-state index in [2.05, 4.69) is 38.0 Å². The lowest BCUT2D eigenvalue weighted by Crippen LogP contribution is -2.25. The zero-order valence-corrected chi connectivity index (χ0v) is 12.0. The lowest BCUT2D eigenvalue weighted by Gasteiger charge is -2.25. The van der Waals surface area contributed by atoms with E-state index in [0.29, 0.717) is 35.1 Å². The van der Waals surface area contributed by atoms with Gasteiger partial charge in [-0.3, -0.25) is 0 Å². The highest BCUT2D eigenvalue weighted by molar-refractivity contribution is 5.61. The van der Waals surface area contributed by atoms with Crippen LogP contribution in [0.25, 0.3) is 0 Å².